The number of carbonyl (C=O) groups is 3. The average molecular weight is 298 g/mol. The quantitative estimate of drug-likeness (QED) is 0.682. The summed E-state index contributed by atoms with van der Waals surface area (Å²) in [5.41, 5.74) is 2.38. The van der Waals surface area contributed by atoms with Crippen molar-refractivity contribution in [3.05, 3.63) is 41.5 Å². The minimum absolute atomic E-state index is 0.0106. The van der Waals surface area contributed by atoms with Gasteiger partial charge in [-0.25, -0.2) is 0 Å². The standard InChI is InChI=1S/C17H18N2O3/c20-15(6-8-17(22)19-9-1-2-10-19)13-3-5-14-12(11-13)4-7-16(21)18-14/h1-3,5,11H,4,6-10H2,(H,18,21). The maximum atomic E-state index is 12.2. The van der Waals surface area contributed by atoms with Crippen molar-refractivity contribution in [2.45, 2.75) is 25.7 Å². The van der Waals surface area contributed by atoms with Gasteiger partial charge in [0.05, 0.1) is 0 Å². The van der Waals surface area contributed by atoms with Crippen LogP contribution in [0.5, 0.6) is 0 Å². The molecule has 0 spiro atoms. The molecule has 2 aliphatic rings. The molecule has 0 aromatic heterocycles. The number of ketones is 1. The Kier molecular flexibility index (Phi) is 4.04. The number of nitrogens with zero attached hydrogens (tertiary/aromatic N) is 1. The first kappa shape index (κ1) is 14.5. The van der Waals surface area contributed by atoms with Crippen molar-refractivity contribution < 1.29 is 14.4 Å². The number of nitrogens with one attached hydrogen (secondary N) is 1. The zero-order valence-corrected chi connectivity index (χ0v) is 12.3. The third-order valence-electron chi connectivity index (χ3n) is 4.06. The van der Waals surface area contributed by atoms with Crippen molar-refractivity contribution >= 4 is 23.3 Å². The van der Waals surface area contributed by atoms with Crippen LogP contribution in [-0.2, 0) is 16.0 Å². The van der Waals surface area contributed by atoms with E-state index in [2.05, 4.69) is 5.32 Å². The molecule has 1 aromatic carbocycles. The highest BCUT2D eigenvalue weighted by Gasteiger charge is 2.19. The summed E-state index contributed by atoms with van der Waals surface area (Å²) in [4.78, 5) is 37.2. The molecular weight excluding hydrogens is 280 g/mol. The highest BCUT2D eigenvalue weighted by Crippen LogP contribution is 2.24. The normalized spacial score (nSPS) is 16.4. The van der Waals surface area contributed by atoms with Gasteiger partial charge in [0.1, 0.15) is 0 Å². The van der Waals surface area contributed by atoms with E-state index in [1.165, 1.54) is 0 Å². The number of fused-ring (bicyclic) bond motifs is 1. The Balaban J connectivity index is 1.60. The Bertz CT molecular complexity index is 656. The third-order valence-corrected chi connectivity index (χ3v) is 4.06. The number of hydrogen-bond donors (Lipinski definition) is 1. The van der Waals surface area contributed by atoms with Crippen LogP contribution in [0, 0.1) is 0 Å². The zero-order chi connectivity index (χ0) is 15.5. The molecular formula is C17H18N2O3. The number of aryl methyl sites for hydroxylation is 1. The number of anilines is 1. The van der Waals surface area contributed by atoms with Crippen molar-refractivity contribution in [3.8, 4) is 0 Å². The van der Waals surface area contributed by atoms with E-state index in [4.69, 9.17) is 0 Å². The van der Waals surface area contributed by atoms with Crippen LogP contribution in [0.3, 0.4) is 0 Å². The van der Waals surface area contributed by atoms with Crippen molar-refractivity contribution in [2.24, 2.45) is 0 Å². The number of amides is 2. The lowest BCUT2D eigenvalue weighted by molar-refractivity contribution is -0.129. The first-order valence-corrected chi connectivity index (χ1v) is 7.52. The molecule has 0 saturated carbocycles. The summed E-state index contributed by atoms with van der Waals surface area (Å²) in [6, 6.07) is 5.32. The van der Waals surface area contributed by atoms with Gasteiger partial charge in [-0.1, -0.05) is 12.2 Å². The van der Waals surface area contributed by atoms with Crippen LogP contribution in [0.1, 0.15) is 35.2 Å². The minimum atomic E-state index is -0.0276. The Morgan fingerprint density at radius 2 is 1.86 bits per heavy atom. The van der Waals surface area contributed by atoms with Crippen LogP contribution in [0.4, 0.5) is 5.69 Å². The minimum Gasteiger partial charge on any atom is -0.335 e. The highest BCUT2D eigenvalue weighted by atomic mass is 16.2. The van der Waals surface area contributed by atoms with Crippen LogP contribution in [0.2, 0.25) is 0 Å². The second kappa shape index (κ2) is 6.13. The number of rotatable bonds is 4. The van der Waals surface area contributed by atoms with Crippen LogP contribution in [0.15, 0.2) is 30.4 Å². The summed E-state index contributed by atoms with van der Waals surface area (Å²) < 4.78 is 0. The predicted octanol–water partition coefficient (Wildman–Crippen LogP) is 1.93. The molecule has 2 heterocycles. The molecule has 0 atom stereocenters. The number of carbonyl (C=O) groups excluding carboxylic acids is 3. The highest BCUT2D eigenvalue weighted by molar-refractivity contribution is 6.00. The molecule has 0 saturated heterocycles. The van der Waals surface area contributed by atoms with Gasteiger partial charge in [0.2, 0.25) is 11.8 Å². The summed E-state index contributed by atoms with van der Waals surface area (Å²) in [5, 5.41) is 2.80. The second-order valence-electron chi connectivity index (χ2n) is 5.61. The molecule has 1 N–H and O–H groups in total. The fourth-order valence-corrected chi connectivity index (χ4v) is 2.76. The largest absolute Gasteiger partial charge is 0.335 e. The van der Waals surface area contributed by atoms with Gasteiger partial charge in [0.15, 0.2) is 5.78 Å². The molecule has 0 aliphatic carbocycles. The third kappa shape index (κ3) is 3.08. The molecule has 1 aromatic rings. The van der Waals surface area contributed by atoms with E-state index in [1.807, 2.05) is 18.2 Å². The van der Waals surface area contributed by atoms with E-state index >= 15 is 0 Å². The van der Waals surface area contributed by atoms with E-state index < -0.39 is 0 Å². The van der Waals surface area contributed by atoms with E-state index in [-0.39, 0.29) is 30.4 Å². The Hall–Kier alpha value is -2.43. The van der Waals surface area contributed by atoms with Crippen molar-refractivity contribution in [1.82, 2.24) is 4.90 Å². The molecule has 0 fully saturated rings. The van der Waals surface area contributed by atoms with Gasteiger partial charge in [-0.15, -0.1) is 0 Å². The summed E-state index contributed by atoms with van der Waals surface area (Å²) in [6.45, 7) is 1.29. The van der Waals surface area contributed by atoms with Crippen LogP contribution >= 0.6 is 0 Å². The van der Waals surface area contributed by atoms with Gasteiger partial charge < -0.3 is 10.2 Å². The van der Waals surface area contributed by atoms with Gasteiger partial charge in [0, 0.05) is 43.6 Å². The van der Waals surface area contributed by atoms with Crippen LogP contribution in [-0.4, -0.2) is 35.6 Å². The lowest BCUT2D eigenvalue weighted by Crippen LogP contribution is -2.28. The molecule has 0 bridgehead atoms. The number of Topliss-reactive ketones (excluding diaryl/α,β-unsaturated/α-hetero) is 1. The molecule has 5 nitrogen and oxygen atoms in total. The molecule has 5 heteroatoms. The number of hydrogen-bond acceptors (Lipinski definition) is 3. The fourth-order valence-electron chi connectivity index (χ4n) is 2.76. The van der Waals surface area contributed by atoms with Gasteiger partial charge >= 0.3 is 0 Å². The van der Waals surface area contributed by atoms with Crippen LogP contribution in [0.25, 0.3) is 0 Å². The van der Waals surface area contributed by atoms with E-state index in [1.54, 1.807) is 17.0 Å². The zero-order valence-electron chi connectivity index (χ0n) is 12.3. The van der Waals surface area contributed by atoms with E-state index in [0.29, 0.717) is 31.5 Å². The SMILES string of the molecule is O=C1CCc2cc(C(=O)CCC(=O)N3CC=CC3)ccc2N1. The number of benzene rings is 1. The first-order valence-electron chi connectivity index (χ1n) is 7.52. The first-order chi connectivity index (χ1) is 10.6. The Morgan fingerprint density at radius 3 is 2.64 bits per heavy atom. The molecule has 2 amide bonds. The lowest BCUT2D eigenvalue weighted by Gasteiger charge is -2.17. The molecule has 0 unspecified atom stereocenters. The maximum absolute atomic E-state index is 12.2. The second-order valence-corrected chi connectivity index (χ2v) is 5.61. The van der Waals surface area contributed by atoms with Gasteiger partial charge in [-0.3, -0.25) is 14.4 Å². The van der Waals surface area contributed by atoms with Crippen molar-refractivity contribution in [1.29, 1.82) is 0 Å². The van der Waals surface area contributed by atoms with E-state index in [0.717, 1.165) is 11.3 Å². The van der Waals surface area contributed by atoms with Crippen molar-refractivity contribution in [2.75, 3.05) is 18.4 Å². The Labute approximate surface area is 129 Å². The topological polar surface area (TPSA) is 66.5 Å². The predicted molar refractivity (Wildman–Crippen MR) is 82.7 cm³/mol. The van der Waals surface area contributed by atoms with Gasteiger partial charge in [0.25, 0.3) is 0 Å². The molecule has 0 radical (unpaired) electrons. The molecule has 22 heavy (non-hydrogen) atoms. The average Bonchev–Trinajstić information content (AvgIpc) is 3.06. The van der Waals surface area contributed by atoms with Crippen LogP contribution < -0.4 is 5.32 Å². The van der Waals surface area contributed by atoms with Crippen molar-refractivity contribution in [3.63, 3.8) is 0 Å². The van der Waals surface area contributed by atoms with Gasteiger partial charge in [-0.2, -0.15) is 0 Å². The Morgan fingerprint density at radius 1 is 1.09 bits per heavy atom. The smallest absolute Gasteiger partial charge is 0.224 e. The monoisotopic (exact) mass is 298 g/mol. The molecule has 114 valence electrons. The van der Waals surface area contributed by atoms with Gasteiger partial charge in [-0.05, 0) is 30.2 Å². The fraction of sp³-hybridized carbons (Fsp3) is 0.353. The summed E-state index contributed by atoms with van der Waals surface area (Å²) in [6.07, 6.45) is 5.48. The molecule has 2 aliphatic heterocycles. The maximum Gasteiger partial charge on any atom is 0.224 e. The lowest BCUT2D eigenvalue weighted by atomic mass is 9.97. The van der Waals surface area contributed by atoms with E-state index in [9.17, 15) is 14.4 Å². The summed E-state index contributed by atoms with van der Waals surface area (Å²) >= 11 is 0. The summed E-state index contributed by atoms with van der Waals surface area (Å²) in [5.74, 6) is 0.000162. The summed E-state index contributed by atoms with van der Waals surface area (Å²) in [7, 11) is 0. The molecule has 3 rings (SSSR count).